The first kappa shape index (κ1) is 16.2. The number of aliphatic hydroxyl groups excluding tert-OH is 1. The van der Waals surface area contributed by atoms with E-state index in [1.54, 1.807) is 0 Å². The molecule has 20 heavy (non-hydrogen) atoms. The molecule has 0 aromatic rings. The van der Waals surface area contributed by atoms with Crippen LogP contribution < -0.4 is 5.32 Å². The fourth-order valence-electron chi connectivity index (χ4n) is 3.44. The highest BCUT2D eigenvalue weighted by molar-refractivity contribution is 5.03. The monoisotopic (exact) mass is 284 g/mol. The number of hydrogen-bond acceptors (Lipinski definition) is 4. The van der Waals surface area contributed by atoms with Crippen LogP contribution in [0.15, 0.2) is 0 Å². The molecular weight excluding hydrogens is 252 g/mol. The molecular formula is C16H32N2O2. The second-order valence-electron chi connectivity index (χ2n) is 6.45. The predicted octanol–water partition coefficient (Wildman–Crippen LogP) is 1.63. The van der Waals surface area contributed by atoms with Crippen LogP contribution in [-0.2, 0) is 4.74 Å². The van der Waals surface area contributed by atoms with Crippen molar-refractivity contribution < 1.29 is 9.84 Å². The van der Waals surface area contributed by atoms with Crippen molar-refractivity contribution in [2.75, 3.05) is 39.4 Å². The van der Waals surface area contributed by atoms with Crippen molar-refractivity contribution in [3.63, 3.8) is 0 Å². The molecule has 2 aliphatic rings. The van der Waals surface area contributed by atoms with E-state index in [0.29, 0.717) is 12.0 Å². The molecule has 1 unspecified atom stereocenters. The second-order valence-corrected chi connectivity index (χ2v) is 6.45. The lowest BCUT2D eigenvalue weighted by Gasteiger charge is -2.41. The number of ether oxygens (including phenoxy) is 1. The Kier molecular flexibility index (Phi) is 6.27. The molecule has 1 aliphatic carbocycles. The van der Waals surface area contributed by atoms with Crippen LogP contribution in [0.1, 0.15) is 46.0 Å². The molecule has 1 saturated carbocycles. The number of hydrogen-bond donors (Lipinski definition) is 2. The molecule has 0 aromatic heterocycles. The molecule has 0 aromatic carbocycles. The lowest BCUT2D eigenvalue weighted by atomic mass is 9.92. The third-order valence-corrected chi connectivity index (χ3v) is 4.81. The SMILES string of the molecule is CCCNC(CO)(CN1CCC(OCC)CC1)C1CC1. The van der Waals surface area contributed by atoms with E-state index in [0.717, 1.165) is 52.0 Å². The van der Waals surface area contributed by atoms with Crippen molar-refractivity contribution in [2.24, 2.45) is 5.92 Å². The molecule has 2 rings (SSSR count). The zero-order valence-corrected chi connectivity index (χ0v) is 13.2. The van der Waals surface area contributed by atoms with Gasteiger partial charge in [0.15, 0.2) is 0 Å². The number of aliphatic hydroxyl groups is 1. The van der Waals surface area contributed by atoms with Gasteiger partial charge in [-0.05, 0) is 51.5 Å². The molecule has 4 heteroatoms. The lowest BCUT2D eigenvalue weighted by molar-refractivity contribution is 0.000906. The van der Waals surface area contributed by atoms with Crippen LogP contribution >= 0.6 is 0 Å². The minimum absolute atomic E-state index is 0.0611. The molecule has 2 N–H and O–H groups in total. The Labute approximate surface area is 123 Å². The predicted molar refractivity (Wildman–Crippen MR) is 81.9 cm³/mol. The maximum atomic E-state index is 9.97. The van der Waals surface area contributed by atoms with Gasteiger partial charge in [0.2, 0.25) is 0 Å². The van der Waals surface area contributed by atoms with Crippen molar-refractivity contribution in [3.05, 3.63) is 0 Å². The first-order valence-electron chi connectivity index (χ1n) is 8.44. The van der Waals surface area contributed by atoms with Crippen LogP contribution in [0.3, 0.4) is 0 Å². The minimum Gasteiger partial charge on any atom is -0.394 e. The Hall–Kier alpha value is -0.160. The minimum atomic E-state index is -0.0611. The maximum absolute atomic E-state index is 9.97. The summed E-state index contributed by atoms with van der Waals surface area (Å²) >= 11 is 0. The quantitative estimate of drug-likeness (QED) is 0.675. The summed E-state index contributed by atoms with van der Waals surface area (Å²) in [4.78, 5) is 2.52. The van der Waals surface area contributed by atoms with Gasteiger partial charge in [0, 0.05) is 26.2 Å². The van der Waals surface area contributed by atoms with E-state index in [1.165, 1.54) is 12.8 Å². The Morgan fingerprint density at radius 2 is 1.90 bits per heavy atom. The summed E-state index contributed by atoms with van der Waals surface area (Å²) in [6.07, 6.45) is 6.38. The van der Waals surface area contributed by atoms with Crippen LogP contribution in [0, 0.1) is 5.92 Å². The number of nitrogens with one attached hydrogen (secondary N) is 1. The van der Waals surface area contributed by atoms with Gasteiger partial charge in [-0.15, -0.1) is 0 Å². The van der Waals surface area contributed by atoms with Crippen molar-refractivity contribution in [2.45, 2.75) is 57.6 Å². The van der Waals surface area contributed by atoms with Gasteiger partial charge in [0.05, 0.1) is 18.2 Å². The molecule has 1 heterocycles. The summed E-state index contributed by atoms with van der Waals surface area (Å²) in [6.45, 7) is 9.56. The van der Waals surface area contributed by atoms with Crippen molar-refractivity contribution in [1.29, 1.82) is 0 Å². The number of piperidine rings is 1. The molecule has 118 valence electrons. The first-order valence-corrected chi connectivity index (χ1v) is 8.44. The molecule has 1 aliphatic heterocycles. The number of rotatable bonds is 9. The number of likely N-dealkylation sites (tertiary alicyclic amines) is 1. The van der Waals surface area contributed by atoms with Gasteiger partial charge in [-0.1, -0.05) is 6.92 Å². The summed E-state index contributed by atoms with van der Waals surface area (Å²) in [7, 11) is 0. The normalized spacial score (nSPS) is 24.8. The Morgan fingerprint density at radius 1 is 1.20 bits per heavy atom. The van der Waals surface area contributed by atoms with Gasteiger partial charge in [-0.2, -0.15) is 0 Å². The zero-order chi connectivity index (χ0) is 14.4. The maximum Gasteiger partial charge on any atom is 0.0628 e. The van der Waals surface area contributed by atoms with Gasteiger partial charge < -0.3 is 20.1 Å². The van der Waals surface area contributed by atoms with Crippen molar-refractivity contribution in [1.82, 2.24) is 10.2 Å². The van der Waals surface area contributed by atoms with Gasteiger partial charge in [-0.25, -0.2) is 0 Å². The zero-order valence-electron chi connectivity index (χ0n) is 13.2. The van der Waals surface area contributed by atoms with Gasteiger partial charge >= 0.3 is 0 Å². The summed E-state index contributed by atoms with van der Waals surface area (Å²) in [5, 5.41) is 13.6. The van der Waals surface area contributed by atoms with Gasteiger partial charge in [-0.3, -0.25) is 0 Å². The highest BCUT2D eigenvalue weighted by atomic mass is 16.5. The number of nitrogens with zero attached hydrogens (tertiary/aromatic N) is 1. The highest BCUT2D eigenvalue weighted by Crippen LogP contribution is 2.40. The molecule has 4 nitrogen and oxygen atoms in total. The van der Waals surface area contributed by atoms with Crippen molar-refractivity contribution in [3.8, 4) is 0 Å². The molecule has 0 spiro atoms. The Bertz CT molecular complexity index is 276. The molecule has 0 radical (unpaired) electrons. The Balaban J connectivity index is 1.85. The largest absolute Gasteiger partial charge is 0.394 e. The molecule has 0 bridgehead atoms. The fourth-order valence-corrected chi connectivity index (χ4v) is 3.44. The molecule has 2 fully saturated rings. The average molecular weight is 284 g/mol. The summed E-state index contributed by atoms with van der Waals surface area (Å²) in [6, 6.07) is 0. The summed E-state index contributed by atoms with van der Waals surface area (Å²) < 4.78 is 5.72. The van der Waals surface area contributed by atoms with E-state index < -0.39 is 0 Å². The van der Waals surface area contributed by atoms with Crippen LogP contribution in [0.5, 0.6) is 0 Å². The third-order valence-electron chi connectivity index (χ3n) is 4.81. The van der Waals surface area contributed by atoms with E-state index >= 15 is 0 Å². The first-order chi connectivity index (χ1) is 9.74. The van der Waals surface area contributed by atoms with E-state index in [9.17, 15) is 5.11 Å². The van der Waals surface area contributed by atoms with Crippen LogP contribution in [0.2, 0.25) is 0 Å². The van der Waals surface area contributed by atoms with E-state index in [4.69, 9.17) is 4.74 Å². The van der Waals surface area contributed by atoms with Gasteiger partial charge in [0.1, 0.15) is 0 Å². The smallest absolute Gasteiger partial charge is 0.0628 e. The average Bonchev–Trinajstić information content (AvgIpc) is 3.31. The fraction of sp³-hybridized carbons (Fsp3) is 1.00. The van der Waals surface area contributed by atoms with Crippen LogP contribution in [0.25, 0.3) is 0 Å². The third kappa shape index (κ3) is 4.17. The topological polar surface area (TPSA) is 44.7 Å². The van der Waals surface area contributed by atoms with E-state index in [-0.39, 0.29) is 12.1 Å². The summed E-state index contributed by atoms with van der Waals surface area (Å²) in [5.41, 5.74) is -0.0611. The van der Waals surface area contributed by atoms with Crippen LogP contribution in [-0.4, -0.2) is 61.0 Å². The van der Waals surface area contributed by atoms with E-state index in [2.05, 4.69) is 24.1 Å². The Morgan fingerprint density at radius 3 is 2.40 bits per heavy atom. The summed E-state index contributed by atoms with van der Waals surface area (Å²) in [5.74, 6) is 0.670. The highest BCUT2D eigenvalue weighted by Gasteiger charge is 2.45. The van der Waals surface area contributed by atoms with E-state index in [1.807, 2.05) is 0 Å². The standard InChI is InChI=1S/C16H32N2O2/c1-3-9-17-16(13-19,14-5-6-14)12-18-10-7-15(8-11-18)20-4-2/h14-15,17,19H,3-13H2,1-2H3. The van der Waals surface area contributed by atoms with Gasteiger partial charge in [0.25, 0.3) is 0 Å². The molecule has 1 saturated heterocycles. The molecule has 0 amide bonds. The van der Waals surface area contributed by atoms with Crippen LogP contribution in [0.4, 0.5) is 0 Å². The molecule has 1 atom stereocenters. The van der Waals surface area contributed by atoms with Crippen molar-refractivity contribution >= 4 is 0 Å². The lowest BCUT2D eigenvalue weighted by Crippen LogP contribution is -2.59. The second kappa shape index (κ2) is 7.74.